The first-order valence-electron chi connectivity index (χ1n) is 6.07. The second-order valence-electron chi connectivity index (χ2n) is 4.90. The smallest absolute Gasteiger partial charge is 0.416 e. The standard InChI is InChI=1S/C13H13F4NO2/c14-11-4-8(3-10(5-11)13(15,16)17)6-18-2-1-9(7-18)12(19)20/h3-5,9H,1-2,6-7H2,(H,19,20). The Kier molecular flexibility index (Phi) is 3.99. The van der Waals surface area contributed by atoms with Crippen LogP contribution in [-0.4, -0.2) is 29.1 Å². The first-order valence-corrected chi connectivity index (χ1v) is 6.07. The number of likely N-dealkylation sites (tertiary alicyclic amines) is 1. The van der Waals surface area contributed by atoms with Crippen molar-refractivity contribution in [3.63, 3.8) is 0 Å². The van der Waals surface area contributed by atoms with Crippen molar-refractivity contribution in [1.82, 2.24) is 4.90 Å². The van der Waals surface area contributed by atoms with Gasteiger partial charge < -0.3 is 5.11 Å². The van der Waals surface area contributed by atoms with Crippen LogP contribution in [-0.2, 0) is 17.5 Å². The molecule has 20 heavy (non-hydrogen) atoms. The lowest BCUT2D eigenvalue weighted by atomic mass is 10.1. The van der Waals surface area contributed by atoms with Gasteiger partial charge in [-0.3, -0.25) is 9.69 Å². The van der Waals surface area contributed by atoms with E-state index in [0.717, 1.165) is 12.1 Å². The normalized spacial score (nSPS) is 20.3. The number of rotatable bonds is 3. The lowest BCUT2D eigenvalue weighted by Gasteiger charge is -2.16. The Morgan fingerprint density at radius 1 is 1.35 bits per heavy atom. The Labute approximate surface area is 112 Å². The highest BCUT2D eigenvalue weighted by molar-refractivity contribution is 5.70. The number of hydrogen-bond donors (Lipinski definition) is 1. The molecule has 1 aromatic rings. The summed E-state index contributed by atoms with van der Waals surface area (Å²) in [6.45, 7) is 0.868. The van der Waals surface area contributed by atoms with E-state index < -0.39 is 29.4 Å². The van der Waals surface area contributed by atoms with Crippen LogP contribution in [0.5, 0.6) is 0 Å². The van der Waals surface area contributed by atoms with Gasteiger partial charge in [-0.05, 0) is 36.7 Å². The van der Waals surface area contributed by atoms with E-state index in [2.05, 4.69) is 0 Å². The number of benzene rings is 1. The molecule has 2 rings (SSSR count). The summed E-state index contributed by atoms with van der Waals surface area (Å²) in [6.07, 6.45) is -4.14. The van der Waals surface area contributed by atoms with Crippen LogP contribution in [0, 0.1) is 11.7 Å². The third kappa shape index (κ3) is 3.47. The SMILES string of the molecule is O=C(O)C1CCN(Cc2cc(F)cc(C(F)(F)F)c2)C1. The monoisotopic (exact) mass is 291 g/mol. The molecular formula is C13H13F4NO2. The van der Waals surface area contributed by atoms with E-state index >= 15 is 0 Å². The lowest BCUT2D eigenvalue weighted by molar-refractivity contribution is -0.141. The van der Waals surface area contributed by atoms with E-state index in [9.17, 15) is 22.4 Å². The second-order valence-corrected chi connectivity index (χ2v) is 4.90. The van der Waals surface area contributed by atoms with Crippen molar-refractivity contribution in [1.29, 1.82) is 0 Å². The van der Waals surface area contributed by atoms with Crippen molar-refractivity contribution in [2.45, 2.75) is 19.1 Å². The largest absolute Gasteiger partial charge is 0.481 e. The number of nitrogens with zero attached hydrogens (tertiary/aromatic N) is 1. The van der Waals surface area contributed by atoms with Crippen molar-refractivity contribution < 1.29 is 27.5 Å². The Bertz CT molecular complexity index is 516. The molecule has 1 aromatic carbocycles. The van der Waals surface area contributed by atoms with Crippen LogP contribution in [0.4, 0.5) is 17.6 Å². The predicted octanol–water partition coefficient (Wildman–Crippen LogP) is 2.75. The van der Waals surface area contributed by atoms with Gasteiger partial charge >= 0.3 is 12.1 Å². The molecule has 1 unspecified atom stereocenters. The quantitative estimate of drug-likeness (QED) is 0.871. The summed E-state index contributed by atoms with van der Waals surface area (Å²) in [7, 11) is 0. The first-order chi connectivity index (χ1) is 9.25. The molecule has 1 N–H and O–H groups in total. The minimum absolute atomic E-state index is 0.116. The Morgan fingerprint density at radius 2 is 2.05 bits per heavy atom. The molecule has 1 saturated heterocycles. The van der Waals surface area contributed by atoms with Crippen LogP contribution < -0.4 is 0 Å². The molecule has 0 aromatic heterocycles. The topological polar surface area (TPSA) is 40.5 Å². The first kappa shape index (κ1) is 14.8. The van der Waals surface area contributed by atoms with Crippen LogP contribution in [0.25, 0.3) is 0 Å². The second kappa shape index (κ2) is 5.40. The molecule has 0 aliphatic carbocycles. The molecule has 1 aliphatic heterocycles. The van der Waals surface area contributed by atoms with Crippen LogP contribution in [0.1, 0.15) is 17.5 Å². The van der Waals surface area contributed by atoms with Gasteiger partial charge in [0.2, 0.25) is 0 Å². The van der Waals surface area contributed by atoms with Gasteiger partial charge in [0.1, 0.15) is 5.82 Å². The highest BCUT2D eigenvalue weighted by atomic mass is 19.4. The van der Waals surface area contributed by atoms with E-state index in [4.69, 9.17) is 5.11 Å². The van der Waals surface area contributed by atoms with Gasteiger partial charge in [-0.2, -0.15) is 13.2 Å². The fourth-order valence-electron chi connectivity index (χ4n) is 2.34. The van der Waals surface area contributed by atoms with Crippen molar-refractivity contribution in [2.24, 2.45) is 5.92 Å². The van der Waals surface area contributed by atoms with Crippen LogP contribution in [0.2, 0.25) is 0 Å². The average Bonchev–Trinajstić information content (AvgIpc) is 2.75. The van der Waals surface area contributed by atoms with E-state index in [-0.39, 0.29) is 18.7 Å². The Hall–Kier alpha value is -1.63. The van der Waals surface area contributed by atoms with Gasteiger partial charge in [0.15, 0.2) is 0 Å². The van der Waals surface area contributed by atoms with Crippen LogP contribution in [0.3, 0.4) is 0 Å². The van der Waals surface area contributed by atoms with Crippen molar-refractivity contribution in [3.05, 3.63) is 35.1 Å². The molecule has 1 aliphatic rings. The van der Waals surface area contributed by atoms with E-state index in [0.29, 0.717) is 19.0 Å². The van der Waals surface area contributed by atoms with Gasteiger partial charge in [0.05, 0.1) is 11.5 Å². The summed E-state index contributed by atoms with van der Waals surface area (Å²) in [5.74, 6) is -2.36. The number of halogens is 4. The number of hydrogen-bond acceptors (Lipinski definition) is 2. The van der Waals surface area contributed by atoms with Crippen molar-refractivity contribution >= 4 is 5.97 Å². The molecule has 1 heterocycles. The summed E-state index contributed by atoms with van der Waals surface area (Å²) in [6, 6.07) is 2.40. The Morgan fingerprint density at radius 3 is 2.60 bits per heavy atom. The van der Waals surface area contributed by atoms with Crippen LogP contribution >= 0.6 is 0 Å². The minimum atomic E-state index is -4.59. The fraction of sp³-hybridized carbons (Fsp3) is 0.462. The number of carbonyl (C=O) groups is 1. The summed E-state index contributed by atoms with van der Waals surface area (Å²) in [5, 5.41) is 8.86. The van der Waals surface area contributed by atoms with E-state index in [1.54, 1.807) is 4.90 Å². The maximum absolute atomic E-state index is 13.2. The summed E-state index contributed by atoms with van der Waals surface area (Å²) in [4.78, 5) is 12.5. The lowest BCUT2D eigenvalue weighted by Crippen LogP contribution is -2.23. The molecule has 3 nitrogen and oxygen atoms in total. The molecule has 1 atom stereocenters. The van der Waals surface area contributed by atoms with E-state index in [1.165, 1.54) is 0 Å². The molecular weight excluding hydrogens is 278 g/mol. The maximum atomic E-state index is 13.2. The van der Waals surface area contributed by atoms with Gasteiger partial charge in [0, 0.05) is 13.1 Å². The number of aliphatic carboxylic acids is 1. The molecule has 1 fully saturated rings. The van der Waals surface area contributed by atoms with Gasteiger partial charge in [-0.25, -0.2) is 4.39 Å². The third-order valence-electron chi connectivity index (χ3n) is 3.31. The zero-order valence-electron chi connectivity index (χ0n) is 10.5. The maximum Gasteiger partial charge on any atom is 0.416 e. The predicted molar refractivity (Wildman–Crippen MR) is 62.4 cm³/mol. The highest BCUT2D eigenvalue weighted by Crippen LogP contribution is 2.31. The van der Waals surface area contributed by atoms with Crippen molar-refractivity contribution in [3.8, 4) is 0 Å². The summed E-state index contributed by atoms with van der Waals surface area (Å²) < 4.78 is 50.9. The zero-order chi connectivity index (χ0) is 14.9. The molecule has 7 heteroatoms. The van der Waals surface area contributed by atoms with E-state index in [1.807, 2.05) is 0 Å². The van der Waals surface area contributed by atoms with Crippen molar-refractivity contribution in [2.75, 3.05) is 13.1 Å². The Balaban J connectivity index is 2.11. The molecule has 0 spiro atoms. The average molecular weight is 291 g/mol. The minimum Gasteiger partial charge on any atom is -0.481 e. The number of carboxylic acid groups (broad SMARTS) is 1. The van der Waals surface area contributed by atoms with Gasteiger partial charge in [0.25, 0.3) is 0 Å². The zero-order valence-corrected chi connectivity index (χ0v) is 10.5. The number of alkyl halides is 3. The van der Waals surface area contributed by atoms with Crippen LogP contribution in [0.15, 0.2) is 18.2 Å². The molecule has 0 saturated carbocycles. The fourth-order valence-corrected chi connectivity index (χ4v) is 2.34. The molecule has 0 radical (unpaired) electrons. The number of carboxylic acids is 1. The third-order valence-corrected chi connectivity index (χ3v) is 3.31. The highest BCUT2D eigenvalue weighted by Gasteiger charge is 2.32. The summed E-state index contributed by atoms with van der Waals surface area (Å²) in [5.41, 5.74) is -0.829. The molecule has 110 valence electrons. The summed E-state index contributed by atoms with van der Waals surface area (Å²) >= 11 is 0. The molecule has 0 amide bonds. The molecule has 0 bridgehead atoms. The van der Waals surface area contributed by atoms with Gasteiger partial charge in [-0.15, -0.1) is 0 Å². The van der Waals surface area contributed by atoms with Gasteiger partial charge in [-0.1, -0.05) is 0 Å².